The minimum Gasteiger partial charge on any atom is -0.490 e. The van der Waals surface area contributed by atoms with E-state index in [2.05, 4.69) is 21.6 Å². The lowest BCUT2D eigenvalue weighted by Gasteiger charge is -2.33. The Bertz CT molecular complexity index is 1180. The van der Waals surface area contributed by atoms with E-state index >= 15 is 0 Å². The number of aromatic nitrogens is 2. The van der Waals surface area contributed by atoms with Gasteiger partial charge in [-0.15, -0.1) is 21.8 Å². The summed E-state index contributed by atoms with van der Waals surface area (Å²) in [6, 6.07) is 11.2. The molecule has 2 aliphatic rings. The second kappa shape index (κ2) is 11.9. The maximum Gasteiger partial charge on any atom is 0.407 e. The van der Waals surface area contributed by atoms with Gasteiger partial charge in [0, 0.05) is 43.5 Å². The number of rotatable bonds is 7. The number of nitrogens with zero attached hydrogens (tertiary/aromatic N) is 5. The molecule has 4 rings (SSSR count). The number of carboxylic acid groups (broad SMARTS) is 1. The molecular weight excluding hydrogens is 508 g/mol. The fraction of sp³-hybridized carbons (Fsp3) is 0.519. The molecule has 0 radical (unpaired) electrons. The molecule has 2 aromatic rings. The van der Waals surface area contributed by atoms with E-state index in [1.165, 1.54) is 4.90 Å². The Kier molecular flexibility index (Phi) is 8.57. The summed E-state index contributed by atoms with van der Waals surface area (Å²) in [4.78, 5) is 27.1. The van der Waals surface area contributed by atoms with Gasteiger partial charge in [0.2, 0.25) is 0 Å². The molecule has 11 heteroatoms. The number of ether oxygens (including phenoxy) is 1. The Morgan fingerprint density at radius 3 is 2.42 bits per heavy atom. The number of anilines is 1. The van der Waals surface area contributed by atoms with E-state index in [-0.39, 0.29) is 29.2 Å². The maximum absolute atomic E-state index is 12.7. The molecular formula is C27H33ClN6O4. The highest BCUT2D eigenvalue weighted by Crippen LogP contribution is 2.32. The van der Waals surface area contributed by atoms with E-state index in [1.54, 1.807) is 18.2 Å². The highest BCUT2D eigenvalue weighted by Gasteiger charge is 2.27. The molecule has 1 aliphatic carbocycles. The van der Waals surface area contributed by atoms with Crippen LogP contribution in [0.4, 0.5) is 10.6 Å². The van der Waals surface area contributed by atoms with Gasteiger partial charge in [-0.1, -0.05) is 13.8 Å². The smallest absolute Gasteiger partial charge is 0.407 e. The molecule has 38 heavy (non-hydrogen) atoms. The van der Waals surface area contributed by atoms with Gasteiger partial charge in [-0.2, -0.15) is 5.26 Å². The number of carbonyl (C=O) groups excluding carboxylic acids is 1. The molecule has 0 atom stereocenters. The van der Waals surface area contributed by atoms with Crippen molar-refractivity contribution in [2.24, 2.45) is 0 Å². The molecule has 1 saturated carbocycles. The van der Waals surface area contributed by atoms with Gasteiger partial charge in [0.05, 0.1) is 17.7 Å². The van der Waals surface area contributed by atoms with Crippen LogP contribution in [0, 0.1) is 11.3 Å². The van der Waals surface area contributed by atoms with Crippen LogP contribution in [0.3, 0.4) is 0 Å². The zero-order valence-corrected chi connectivity index (χ0v) is 22.4. The molecule has 2 heterocycles. The van der Waals surface area contributed by atoms with Crippen LogP contribution >= 0.6 is 11.6 Å². The average molecular weight is 541 g/mol. The molecule has 1 aromatic carbocycles. The Morgan fingerprint density at radius 1 is 1.13 bits per heavy atom. The van der Waals surface area contributed by atoms with Crippen molar-refractivity contribution in [1.29, 1.82) is 5.26 Å². The third-order valence-corrected chi connectivity index (χ3v) is 7.91. The minimum absolute atomic E-state index is 0.0274. The van der Waals surface area contributed by atoms with Crippen LogP contribution in [-0.2, 0) is 5.41 Å². The fourth-order valence-electron chi connectivity index (χ4n) is 4.84. The van der Waals surface area contributed by atoms with Gasteiger partial charge < -0.3 is 25.0 Å². The summed E-state index contributed by atoms with van der Waals surface area (Å²) in [6.45, 7) is 5.90. The molecule has 202 valence electrons. The summed E-state index contributed by atoms with van der Waals surface area (Å²) in [6.07, 6.45) is 2.28. The summed E-state index contributed by atoms with van der Waals surface area (Å²) in [5.41, 5.74) is 1.39. The highest BCUT2D eigenvalue weighted by molar-refractivity contribution is 6.18. The lowest BCUT2D eigenvalue weighted by Crippen LogP contribution is -2.48. The molecule has 0 unspecified atom stereocenters. The van der Waals surface area contributed by atoms with Crippen molar-refractivity contribution in [3.8, 4) is 11.8 Å². The Labute approximate surface area is 227 Å². The molecule has 2 fully saturated rings. The van der Waals surface area contributed by atoms with Gasteiger partial charge in [0.1, 0.15) is 5.75 Å². The van der Waals surface area contributed by atoms with Crippen LogP contribution in [0.5, 0.6) is 5.75 Å². The Hall–Kier alpha value is -3.58. The van der Waals surface area contributed by atoms with Crippen LogP contribution in [-0.4, -0.2) is 76.4 Å². The van der Waals surface area contributed by atoms with E-state index in [1.807, 2.05) is 30.9 Å². The lowest BCUT2D eigenvalue weighted by atomic mass is 9.83. The van der Waals surface area contributed by atoms with Gasteiger partial charge in [-0.05, 0) is 61.6 Å². The Balaban J connectivity index is 1.27. The number of alkyl halides is 1. The summed E-state index contributed by atoms with van der Waals surface area (Å²) in [5, 5.41) is 29.9. The molecule has 0 bridgehead atoms. The molecule has 0 spiro atoms. The van der Waals surface area contributed by atoms with Gasteiger partial charge >= 0.3 is 6.09 Å². The van der Waals surface area contributed by atoms with Crippen LogP contribution in [0.25, 0.3) is 0 Å². The van der Waals surface area contributed by atoms with Crippen molar-refractivity contribution in [1.82, 2.24) is 20.4 Å². The maximum atomic E-state index is 12.7. The number of piperazine rings is 1. The number of benzene rings is 1. The molecule has 1 aromatic heterocycles. The molecule has 10 nitrogen and oxygen atoms in total. The quantitative estimate of drug-likeness (QED) is 0.507. The molecule has 2 N–H and O–H groups in total. The predicted molar refractivity (Wildman–Crippen MR) is 143 cm³/mol. The number of nitrogens with one attached hydrogen (secondary N) is 1. The number of nitriles is 1. The largest absolute Gasteiger partial charge is 0.490 e. The molecule has 1 aliphatic heterocycles. The third kappa shape index (κ3) is 6.45. The topological polar surface area (TPSA) is 132 Å². The van der Waals surface area contributed by atoms with Gasteiger partial charge in [0.25, 0.3) is 5.91 Å². The summed E-state index contributed by atoms with van der Waals surface area (Å²) >= 11 is 6.15. The van der Waals surface area contributed by atoms with Gasteiger partial charge in [0.15, 0.2) is 11.5 Å². The highest BCUT2D eigenvalue weighted by atomic mass is 35.5. The lowest BCUT2D eigenvalue weighted by molar-refractivity contribution is 0.0888. The number of halogens is 1. The molecule has 1 saturated heterocycles. The molecule has 2 amide bonds. The monoisotopic (exact) mass is 540 g/mol. The second-order valence-electron chi connectivity index (χ2n) is 10.4. The number of carbonyl (C=O) groups is 2. The SMILES string of the molecule is CC(C)(CCl)c1cc(O[C@H]2CC[C@H](NC(=O)c3ccc(N4CCN(C(=O)O)CC4)nn3)CC2)ccc1C#N. The van der Waals surface area contributed by atoms with E-state index in [0.717, 1.165) is 37.0 Å². The van der Waals surface area contributed by atoms with Gasteiger partial charge in [-0.3, -0.25) is 4.79 Å². The fourth-order valence-corrected chi connectivity index (χ4v) is 4.99. The first-order valence-electron chi connectivity index (χ1n) is 12.8. The normalized spacial score (nSPS) is 19.9. The van der Waals surface area contributed by atoms with E-state index < -0.39 is 6.09 Å². The predicted octanol–water partition coefficient (Wildman–Crippen LogP) is 3.78. The summed E-state index contributed by atoms with van der Waals surface area (Å²) in [7, 11) is 0. The number of hydrogen-bond acceptors (Lipinski definition) is 7. The first-order chi connectivity index (χ1) is 18.2. The van der Waals surface area contributed by atoms with E-state index in [4.69, 9.17) is 21.4 Å². The van der Waals surface area contributed by atoms with Crippen LogP contribution in [0.1, 0.15) is 61.1 Å². The van der Waals surface area contributed by atoms with Crippen LogP contribution in [0.2, 0.25) is 0 Å². The zero-order valence-electron chi connectivity index (χ0n) is 21.7. The minimum atomic E-state index is -0.918. The zero-order chi connectivity index (χ0) is 27.3. The van der Waals surface area contributed by atoms with Crippen LogP contribution < -0.4 is 15.0 Å². The first-order valence-corrected chi connectivity index (χ1v) is 13.4. The van der Waals surface area contributed by atoms with Crippen molar-refractivity contribution in [2.75, 3.05) is 37.0 Å². The summed E-state index contributed by atoms with van der Waals surface area (Å²) in [5.74, 6) is 1.49. The number of hydrogen-bond donors (Lipinski definition) is 2. The third-order valence-electron chi connectivity index (χ3n) is 7.24. The van der Waals surface area contributed by atoms with Crippen molar-refractivity contribution < 1.29 is 19.4 Å². The average Bonchev–Trinajstić information content (AvgIpc) is 2.94. The summed E-state index contributed by atoms with van der Waals surface area (Å²) < 4.78 is 6.24. The van der Waals surface area contributed by atoms with E-state index in [9.17, 15) is 14.9 Å². The van der Waals surface area contributed by atoms with Crippen molar-refractivity contribution in [3.05, 3.63) is 47.2 Å². The van der Waals surface area contributed by atoms with Crippen molar-refractivity contribution in [3.63, 3.8) is 0 Å². The van der Waals surface area contributed by atoms with Crippen LogP contribution in [0.15, 0.2) is 30.3 Å². The Morgan fingerprint density at radius 2 is 1.84 bits per heavy atom. The van der Waals surface area contributed by atoms with E-state index in [0.29, 0.717) is 43.4 Å². The van der Waals surface area contributed by atoms with Crippen molar-refractivity contribution >= 4 is 29.4 Å². The van der Waals surface area contributed by atoms with Crippen molar-refractivity contribution in [2.45, 2.75) is 57.1 Å². The second-order valence-corrected chi connectivity index (χ2v) is 10.7. The standard InChI is InChI=1S/C27H33ClN6O4/c1-27(2,17-28)22-15-21(6-3-18(22)16-29)38-20-7-4-19(5-8-20)30-25(35)23-9-10-24(32-31-23)33-11-13-34(14-12-33)26(36)37/h3,6,9-10,15,19-20H,4-5,7-8,11-14,17H2,1-2H3,(H,30,35)(H,36,37)/t19-,20-. The first kappa shape index (κ1) is 27.5. The van der Waals surface area contributed by atoms with Gasteiger partial charge in [-0.25, -0.2) is 4.79 Å². The number of amides is 2.